The van der Waals surface area contributed by atoms with Crippen molar-refractivity contribution in [2.45, 2.75) is 68.9 Å². The molecule has 0 saturated carbocycles. The smallest absolute Gasteiger partial charge is 0.159 e. The molecule has 584 valence electrons. The maximum Gasteiger partial charge on any atom is 0.159 e. The first kappa shape index (κ1) is 70.9. The number of hydrogen-bond acceptors (Lipinski definition) is 8. The average molecular weight is 1660 g/mol. The third-order valence-electron chi connectivity index (χ3n) is 28.3. The van der Waals surface area contributed by atoms with Gasteiger partial charge in [0.1, 0.15) is 16.7 Å². The van der Waals surface area contributed by atoms with Gasteiger partial charge in [-0.15, -0.1) is 22.7 Å². The molecule has 22 aromatic rings. The summed E-state index contributed by atoms with van der Waals surface area (Å²) in [6, 6.07) is 141. The lowest BCUT2D eigenvalue weighted by Crippen LogP contribution is -2.31. The summed E-state index contributed by atoms with van der Waals surface area (Å²) in [6.07, 6.45) is 0. The maximum absolute atomic E-state index is 6.85. The Morgan fingerprint density at radius 3 is 1.17 bits per heavy atom. The molecule has 124 heavy (non-hydrogen) atoms. The van der Waals surface area contributed by atoms with Gasteiger partial charge in [0.2, 0.25) is 0 Å². The van der Waals surface area contributed by atoms with E-state index in [1.165, 1.54) is 177 Å². The molecule has 2 aliphatic heterocycles. The van der Waals surface area contributed by atoms with Gasteiger partial charge >= 0.3 is 0 Å². The van der Waals surface area contributed by atoms with Gasteiger partial charge in [0.15, 0.2) is 5.58 Å². The van der Waals surface area contributed by atoms with Crippen LogP contribution >= 0.6 is 46.2 Å². The van der Waals surface area contributed by atoms with Crippen molar-refractivity contribution in [3.8, 4) is 44.5 Å². The third kappa shape index (κ3) is 9.50. The van der Waals surface area contributed by atoms with Gasteiger partial charge in [-0.25, -0.2) is 0 Å². The predicted octanol–water partition coefficient (Wildman–Crippen LogP) is 33.1. The fourth-order valence-electron chi connectivity index (χ4n) is 23.0. The molecule has 0 amide bonds. The van der Waals surface area contributed by atoms with Crippen molar-refractivity contribution in [1.82, 2.24) is 0 Å². The lowest BCUT2D eigenvalue weighted by Gasteiger charge is -2.39. The van der Waals surface area contributed by atoms with Crippen molar-refractivity contribution in [3.63, 3.8) is 0 Å². The van der Waals surface area contributed by atoms with Crippen LogP contribution in [0, 0.1) is 0 Å². The highest BCUT2D eigenvalue weighted by atomic mass is 32.2. The van der Waals surface area contributed by atoms with E-state index in [4.69, 9.17) is 8.83 Å². The number of benzene rings is 18. The molecule has 6 heterocycles. The first-order chi connectivity index (χ1) is 61.0. The fraction of sp³-hybridized carbons (Fsp3) is 0.0690. The monoisotopic (exact) mass is 1650 g/mol. The van der Waals surface area contributed by atoms with Crippen molar-refractivity contribution in [3.05, 3.63) is 443 Å². The Bertz CT molecular complexity index is 8360. The van der Waals surface area contributed by atoms with E-state index in [1.807, 2.05) is 46.2 Å². The van der Waals surface area contributed by atoms with Crippen LogP contribution in [0.3, 0.4) is 0 Å². The largest absolute Gasteiger partial charge is 0.456 e. The van der Waals surface area contributed by atoms with Crippen LogP contribution in [-0.2, 0) is 21.7 Å². The standard InChI is InChI=1S/2C58H37NOS2/c1-57(2)41-18-6-4-17-38(41)55-45(57)22-13-23-47(55)59(34-29-30-37-36-16-5-10-25-49(36)60-50(37)31-34)48-24-14-28-53-56(48)40-32-39-35-15-3-7-19-42(35)58(46(39)33-54(40)62-53)43-20-8-11-26-51(43)61-52-27-12-9-21-44(52)58;1-57(2)42-19-6-3-15-35(42)37-30-29-34(31-46(37)57)59(49-24-13-18-39-38-17-5-10-25-50(38)60-56(39)49)48-23-14-28-53-55(48)41-32-40-36-16-4-7-20-43(36)58(47(40)33-54(41)62-53)44-21-8-11-26-51(44)61-52-27-12-9-22-45(52)58/h2*3-33H,1-2H3. The van der Waals surface area contributed by atoms with Crippen molar-refractivity contribution in [2.75, 3.05) is 9.80 Å². The normalized spacial score (nSPS) is 14.8. The second-order valence-corrected chi connectivity index (χ2v) is 39.4. The van der Waals surface area contributed by atoms with Crippen molar-refractivity contribution >= 4 is 165 Å². The second-order valence-electron chi connectivity index (χ2n) is 35.0. The number of hydrogen-bond donors (Lipinski definition) is 0. The summed E-state index contributed by atoms with van der Waals surface area (Å²) in [5, 5.41) is 9.57. The highest BCUT2D eigenvalue weighted by molar-refractivity contribution is 7.99. The summed E-state index contributed by atoms with van der Waals surface area (Å²) >= 11 is 7.60. The quantitative estimate of drug-likeness (QED) is 0.165. The molecule has 28 rings (SSSR count). The van der Waals surface area contributed by atoms with E-state index in [-0.39, 0.29) is 10.8 Å². The van der Waals surface area contributed by atoms with Crippen molar-refractivity contribution in [2.24, 2.45) is 0 Å². The Morgan fingerprint density at radius 1 is 0.226 bits per heavy atom. The lowest BCUT2D eigenvalue weighted by atomic mass is 9.67. The summed E-state index contributed by atoms with van der Waals surface area (Å²) in [5.41, 5.74) is 35.9. The first-order valence-electron chi connectivity index (χ1n) is 42.8. The average Bonchev–Trinajstić information content (AvgIpc) is 1.51. The number of furan rings is 2. The fourth-order valence-corrected chi connectivity index (χ4v) is 27.7. The Labute approximate surface area is 733 Å². The van der Waals surface area contributed by atoms with Crippen LogP contribution in [-0.4, -0.2) is 0 Å². The van der Waals surface area contributed by atoms with E-state index in [9.17, 15) is 0 Å². The molecule has 4 aromatic heterocycles. The minimum atomic E-state index is -0.421. The van der Waals surface area contributed by atoms with E-state index in [1.54, 1.807) is 0 Å². The summed E-state index contributed by atoms with van der Waals surface area (Å²) in [7, 11) is 0. The molecular weight excluding hydrogens is 1580 g/mol. The zero-order valence-corrected chi connectivity index (χ0v) is 71.4. The molecule has 6 aliphatic rings. The summed E-state index contributed by atoms with van der Waals surface area (Å²) < 4.78 is 18.6. The number of nitrogens with zero attached hydrogens (tertiary/aromatic N) is 2. The van der Waals surface area contributed by atoms with Gasteiger partial charge < -0.3 is 18.6 Å². The zero-order valence-electron chi connectivity index (χ0n) is 68.1. The molecule has 0 unspecified atom stereocenters. The van der Waals surface area contributed by atoms with Gasteiger partial charge in [0.25, 0.3) is 0 Å². The van der Waals surface area contributed by atoms with Gasteiger partial charge in [0.05, 0.1) is 33.6 Å². The van der Waals surface area contributed by atoms with Gasteiger partial charge in [0, 0.05) is 115 Å². The van der Waals surface area contributed by atoms with Crippen LogP contribution in [0.1, 0.15) is 94.5 Å². The molecule has 0 atom stereocenters. The molecule has 4 aliphatic carbocycles. The van der Waals surface area contributed by atoms with Crippen molar-refractivity contribution < 1.29 is 8.83 Å². The number of anilines is 6. The Kier molecular flexibility index (Phi) is 14.8. The second kappa shape index (κ2) is 25.9. The topological polar surface area (TPSA) is 32.8 Å². The Balaban J connectivity index is 0.000000130. The number of fused-ring (bicyclic) bond motifs is 36. The molecular formula is C116H74N2O2S4. The summed E-state index contributed by atoms with van der Waals surface area (Å²) in [6.45, 7) is 9.47. The maximum atomic E-state index is 6.85. The van der Waals surface area contributed by atoms with E-state index in [0.717, 1.165) is 72.3 Å². The molecule has 0 saturated heterocycles. The van der Waals surface area contributed by atoms with Crippen LogP contribution in [0.15, 0.2) is 405 Å². The summed E-state index contributed by atoms with van der Waals surface area (Å²) in [4.78, 5) is 10.3. The highest BCUT2D eigenvalue weighted by Gasteiger charge is 2.53. The Hall–Kier alpha value is -13.7. The summed E-state index contributed by atoms with van der Waals surface area (Å²) in [5.74, 6) is 0. The van der Waals surface area contributed by atoms with E-state index >= 15 is 0 Å². The molecule has 8 heteroatoms. The first-order valence-corrected chi connectivity index (χ1v) is 46.1. The van der Waals surface area contributed by atoms with Crippen LogP contribution < -0.4 is 9.80 Å². The van der Waals surface area contributed by atoms with E-state index in [2.05, 4.69) is 414 Å². The molecule has 4 nitrogen and oxygen atoms in total. The van der Waals surface area contributed by atoms with Crippen LogP contribution in [0.2, 0.25) is 0 Å². The van der Waals surface area contributed by atoms with E-state index < -0.39 is 10.8 Å². The van der Waals surface area contributed by atoms with Gasteiger partial charge in [-0.1, -0.05) is 300 Å². The molecule has 0 bridgehead atoms. The minimum Gasteiger partial charge on any atom is -0.456 e. The number of para-hydroxylation sites is 3. The molecule has 2 spiro atoms. The van der Waals surface area contributed by atoms with E-state index in [0.29, 0.717) is 0 Å². The molecule has 18 aromatic carbocycles. The van der Waals surface area contributed by atoms with Crippen LogP contribution in [0.25, 0.3) is 129 Å². The zero-order chi connectivity index (χ0) is 81.8. The van der Waals surface area contributed by atoms with Crippen molar-refractivity contribution in [1.29, 1.82) is 0 Å². The third-order valence-corrected chi connectivity index (χ3v) is 32.8. The van der Waals surface area contributed by atoms with Crippen LogP contribution in [0.5, 0.6) is 0 Å². The highest BCUT2D eigenvalue weighted by Crippen LogP contribution is 2.67. The SMILES string of the molecule is CC1(C)c2ccccc2-c2c(N(c3ccc4c(c3)oc3ccccc34)c3cccc4sc5cc6c(cc5c34)-c3ccccc3C63c4ccccc4Sc4ccccc43)cccc21.CC1(C)c2ccccc2-c2ccc(N(c3cccc4c3oc3ccccc34)c3cccc4sc5cc6c(cc5c34)-c3ccccc3C63c4ccccc4Sc4ccccc43)cc21. The molecule has 0 N–H and O–H groups in total. The Morgan fingerprint density at radius 2 is 0.605 bits per heavy atom. The predicted molar refractivity (Wildman–Crippen MR) is 521 cm³/mol. The number of thiophene rings is 2. The minimum absolute atomic E-state index is 0.143. The van der Waals surface area contributed by atoms with Gasteiger partial charge in [-0.3, -0.25) is 0 Å². The van der Waals surface area contributed by atoms with Crippen LogP contribution in [0.4, 0.5) is 34.1 Å². The lowest BCUT2D eigenvalue weighted by molar-refractivity contribution is 0.660. The van der Waals surface area contributed by atoms with Gasteiger partial charge in [-0.2, -0.15) is 0 Å². The number of rotatable bonds is 6. The van der Waals surface area contributed by atoms with Gasteiger partial charge in [-0.05, 0) is 227 Å². The molecule has 0 fully saturated rings. The molecule has 0 radical (unpaired) electrons.